The summed E-state index contributed by atoms with van der Waals surface area (Å²) < 4.78 is 40.2. The van der Waals surface area contributed by atoms with Crippen LogP contribution in [0.5, 0.6) is 11.5 Å². The van der Waals surface area contributed by atoms with Crippen LogP contribution < -0.4 is 14.2 Å². The van der Waals surface area contributed by atoms with Crippen molar-refractivity contribution in [1.82, 2.24) is 4.72 Å². The molecule has 1 aromatic rings. The molecule has 0 radical (unpaired) electrons. The lowest BCUT2D eigenvalue weighted by atomic mass is 9.53. The van der Waals surface area contributed by atoms with Crippen molar-refractivity contribution in [1.29, 1.82) is 0 Å². The Kier molecular flexibility index (Phi) is 3.75. The summed E-state index contributed by atoms with van der Waals surface area (Å²) in [6.45, 7) is 0.503. The average molecular weight is 393 g/mol. The van der Waals surface area contributed by atoms with Crippen molar-refractivity contribution in [2.45, 2.75) is 49.0 Å². The highest BCUT2D eigenvalue weighted by atomic mass is 32.2. The Morgan fingerprint density at radius 2 is 1.63 bits per heavy atom. The quantitative estimate of drug-likeness (QED) is 0.814. The monoisotopic (exact) mass is 393 g/mol. The maximum atomic E-state index is 13.2. The number of sulfonamides is 1. The first-order valence-corrected chi connectivity index (χ1v) is 11.0. The smallest absolute Gasteiger partial charge is 0.339 e. The van der Waals surface area contributed by atoms with Gasteiger partial charge >= 0.3 is 5.97 Å². The molecule has 1 aliphatic heterocycles. The number of ether oxygens (including phenoxy) is 2. The molecule has 0 atom stereocenters. The molecule has 5 aliphatic rings. The highest BCUT2D eigenvalue weighted by Gasteiger charge is 2.52. The van der Waals surface area contributed by atoms with Crippen LogP contribution in [0.15, 0.2) is 17.0 Å². The van der Waals surface area contributed by atoms with E-state index in [2.05, 4.69) is 4.72 Å². The van der Waals surface area contributed by atoms with Crippen molar-refractivity contribution in [2.75, 3.05) is 13.2 Å². The molecule has 8 heteroatoms. The second kappa shape index (κ2) is 5.85. The molecule has 146 valence electrons. The normalized spacial score (nSPS) is 33.9. The number of fused-ring (bicyclic) bond motifs is 1. The Bertz CT molecular complexity index is 874. The number of aromatic carboxylic acids is 1. The van der Waals surface area contributed by atoms with Gasteiger partial charge in [0.05, 0.1) is 4.90 Å². The number of carbonyl (C=O) groups is 1. The van der Waals surface area contributed by atoms with Gasteiger partial charge in [-0.25, -0.2) is 17.9 Å². The predicted molar refractivity (Wildman–Crippen MR) is 95.6 cm³/mol. The van der Waals surface area contributed by atoms with E-state index in [1.807, 2.05) is 0 Å². The van der Waals surface area contributed by atoms with Crippen LogP contribution in [0, 0.1) is 17.8 Å². The zero-order valence-electron chi connectivity index (χ0n) is 14.9. The van der Waals surface area contributed by atoms with E-state index in [-0.39, 0.29) is 40.7 Å². The molecular weight excluding hydrogens is 370 g/mol. The topological polar surface area (TPSA) is 102 Å². The molecule has 0 saturated heterocycles. The first-order chi connectivity index (χ1) is 12.8. The Labute approximate surface area is 158 Å². The molecule has 0 aromatic heterocycles. The minimum absolute atomic E-state index is 0.0695. The standard InChI is InChI=1S/C19H23NO6S/c21-18(22)15-6-14(7-16-17(15)26-2-1-25-16)27(23,24)20-19-8-11-3-12(9-19)5-13(4-11)10-19/h6-7,11-13,20H,1-5,8-10H2,(H,21,22). The van der Waals surface area contributed by atoms with Crippen LogP contribution in [-0.4, -0.2) is 38.2 Å². The number of carboxylic acid groups (broad SMARTS) is 1. The summed E-state index contributed by atoms with van der Waals surface area (Å²) in [6.07, 6.45) is 6.30. The lowest BCUT2D eigenvalue weighted by Crippen LogP contribution is -2.59. The number of rotatable bonds is 4. The summed E-state index contributed by atoms with van der Waals surface area (Å²) in [5.41, 5.74) is -0.567. The molecule has 1 heterocycles. The summed E-state index contributed by atoms with van der Waals surface area (Å²) in [4.78, 5) is 11.5. The van der Waals surface area contributed by atoms with E-state index in [0.717, 1.165) is 19.3 Å². The van der Waals surface area contributed by atoms with Crippen molar-refractivity contribution < 1.29 is 27.8 Å². The van der Waals surface area contributed by atoms with Crippen molar-refractivity contribution >= 4 is 16.0 Å². The maximum absolute atomic E-state index is 13.2. The van der Waals surface area contributed by atoms with E-state index in [0.29, 0.717) is 17.8 Å². The van der Waals surface area contributed by atoms with Crippen LogP contribution >= 0.6 is 0 Å². The predicted octanol–water partition coefficient (Wildman–Crippen LogP) is 2.40. The third kappa shape index (κ3) is 2.89. The molecule has 4 bridgehead atoms. The van der Waals surface area contributed by atoms with Gasteiger partial charge in [0.25, 0.3) is 0 Å². The van der Waals surface area contributed by atoms with Gasteiger partial charge in [-0.2, -0.15) is 0 Å². The molecule has 0 amide bonds. The zero-order valence-corrected chi connectivity index (χ0v) is 15.8. The Morgan fingerprint density at radius 1 is 1.04 bits per heavy atom. The fourth-order valence-corrected chi connectivity index (χ4v) is 7.50. The molecule has 0 spiro atoms. The Morgan fingerprint density at radius 3 is 2.22 bits per heavy atom. The van der Waals surface area contributed by atoms with Gasteiger partial charge in [0.1, 0.15) is 18.8 Å². The number of carboxylic acids is 1. The van der Waals surface area contributed by atoms with Gasteiger partial charge in [-0.15, -0.1) is 0 Å². The second-order valence-electron chi connectivity index (χ2n) is 8.60. The molecule has 27 heavy (non-hydrogen) atoms. The van der Waals surface area contributed by atoms with Crippen LogP contribution in [0.3, 0.4) is 0 Å². The molecule has 0 unspecified atom stereocenters. The summed E-state index contributed by atoms with van der Waals surface area (Å²) in [5, 5.41) is 9.48. The van der Waals surface area contributed by atoms with E-state index in [9.17, 15) is 18.3 Å². The lowest BCUT2D eigenvalue weighted by molar-refractivity contribution is -0.00810. The van der Waals surface area contributed by atoms with Crippen LogP contribution in [-0.2, 0) is 10.0 Å². The molecule has 4 saturated carbocycles. The summed E-state index contributed by atoms with van der Waals surface area (Å²) in [7, 11) is -3.86. The molecule has 4 fully saturated rings. The molecule has 6 rings (SSSR count). The first kappa shape index (κ1) is 17.3. The number of nitrogens with one attached hydrogen (secondary N) is 1. The van der Waals surface area contributed by atoms with Crippen molar-refractivity contribution in [3.8, 4) is 11.5 Å². The SMILES string of the molecule is O=C(O)c1cc(S(=O)(=O)NC23CC4CC(CC(C4)C2)C3)cc2c1OCCO2. The summed E-state index contributed by atoms with van der Waals surface area (Å²) >= 11 is 0. The van der Waals surface area contributed by atoms with E-state index in [1.165, 1.54) is 31.4 Å². The molecule has 7 nitrogen and oxygen atoms in total. The van der Waals surface area contributed by atoms with Gasteiger partial charge in [-0.1, -0.05) is 0 Å². The number of hydrogen-bond acceptors (Lipinski definition) is 5. The van der Waals surface area contributed by atoms with Gasteiger partial charge in [-0.05, 0) is 62.3 Å². The summed E-state index contributed by atoms with van der Waals surface area (Å²) in [5.74, 6) is 0.856. The Hall–Kier alpha value is -1.80. The van der Waals surface area contributed by atoms with Crippen LogP contribution in [0.25, 0.3) is 0 Å². The highest BCUT2D eigenvalue weighted by Crippen LogP contribution is 2.56. The van der Waals surface area contributed by atoms with E-state index < -0.39 is 16.0 Å². The van der Waals surface area contributed by atoms with Gasteiger partial charge in [-0.3, -0.25) is 0 Å². The van der Waals surface area contributed by atoms with Crippen LogP contribution in [0.4, 0.5) is 0 Å². The molecule has 2 N–H and O–H groups in total. The van der Waals surface area contributed by atoms with Crippen LogP contribution in [0.1, 0.15) is 48.9 Å². The van der Waals surface area contributed by atoms with E-state index in [1.54, 1.807) is 0 Å². The minimum atomic E-state index is -3.86. The largest absolute Gasteiger partial charge is 0.486 e. The lowest BCUT2D eigenvalue weighted by Gasteiger charge is -2.56. The second-order valence-corrected chi connectivity index (χ2v) is 10.3. The molecule has 1 aromatic carbocycles. The third-order valence-electron chi connectivity index (χ3n) is 6.55. The maximum Gasteiger partial charge on any atom is 0.339 e. The van der Waals surface area contributed by atoms with Crippen LogP contribution in [0.2, 0.25) is 0 Å². The van der Waals surface area contributed by atoms with Gasteiger partial charge in [0.15, 0.2) is 11.5 Å². The Balaban J connectivity index is 1.50. The highest BCUT2D eigenvalue weighted by molar-refractivity contribution is 7.89. The van der Waals surface area contributed by atoms with Crippen molar-refractivity contribution in [2.24, 2.45) is 17.8 Å². The first-order valence-electron chi connectivity index (χ1n) is 9.54. The number of benzene rings is 1. The zero-order chi connectivity index (χ0) is 18.8. The molecular formula is C19H23NO6S. The molecule has 4 aliphatic carbocycles. The van der Waals surface area contributed by atoms with Crippen molar-refractivity contribution in [3.63, 3.8) is 0 Å². The fourth-order valence-electron chi connectivity index (χ4n) is 6.02. The van der Waals surface area contributed by atoms with Gasteiger partial charge in [0.2, 0.25) is 10.0 Å². The number of hydrogen-bond donors (Lipinski definition) is 2. The third-order valence-corrected chi connectivity index (χ3v) is 8.10. The van der Waals surface area contributed by atoms with Gasteiger partial charge in [0, 0.05) is 11.6 Å². The fraction of sp³-hybridized carbons (Fsp3) is 0.632. The van der Waals surface area contributed by atoms with E-state index >= 15 is 0 Å². The van der Waals surface area contributed by atoms with E-state index in [4.69, 9.17) is 9.47 Å². The van der Waals surface area contributed by atoms with Crippen molar-refractivity contribution in [3.05, 3.63) is 17.7 Å². The minimum Gasteiger partial charge on any atom is -0.486 e. The summed E-state index contributed by atoms with van der Waals surface area (Å²) in [6, 6.07) is 2.56. The van der Waals surface area contributed by atoms with Gasteiger partial charge < -0.3 is 14.6 Å². The average Bonchev–Trinajstić information content (AvgIpc) is 2.58.